The van der Waals surface area contributed by atoms with E-state index in [0.717, 1.165) is 28.8 Å². The molecule has 1 aliphatic rings. The molecule has 1 heterocycles. The molecule has 0 bridgehead atoms. The highest BCUT2D eigenvalue weighted by Crippen LogP contribution is 2.20. The molecule has 3 aromatic rings. The summed E-state index contributed by atoms with van der Waals surface area (Å²) in [5.41, 5.74) is -1.26. The minimum atomic E-state index is -1.06. The second kappa shape index (κ2) is 11.6. The van der Waals surface area contributed by atoms with Crippen molar-refractivity contribution in [3.05, 3.63) is 116 Å². The van der Waals surface area contributed by atoms with Crippen molar-refractivity contribution in [3.63, 3.8) is 0 Å². The molecule has 1 saturated carbocycles. The lowest BCUT2D eigenvalue weighted by molar-refractivity contribution is -0.121. The van der Waals surface area contributed by atoms with Crippen LogP contribution in [0, 0.1) is 23.3 Å². The molecule has 0 unspecified atom stereocenters. The molecule has 1 aliphatic carbocycles. The van der Waals surface area contributed by atoms with Crippen molar-refractivity contribution >= 4 is 11.7 Å². The molecular weight excluding hydrogens is 520 g/mol. The Balaban J connectivity index is 1.69. The molecule has 0 spiro atoms. The Labute approximate surface area is 220 Å². The van der Waals surface area contributed by atoms with Crippen LogP contribution in [-0.4, -0.2) is 38.6 Å². The van der Waals surface area contributed by atoms with Gasteiger partial charge in [-0.3, -0.25) is 14.4 Å². The van der Waals surface area contributed by atoms with Gasteiger partial charge in [0.2, 0.25) is 0 Å². The summed E-state index contributed by atoms with van der Waals surface area (Å²) in [4.78, 5) is 38.5. The fourth-order valence-corrected chi connectivity index (χ4v) is 4.43. The Bertz CT molecular complexity index is 1520. The topological polar surface area (TPSA) is 109 Å². The number of nitrogens with one attached hydrogen (secondary N) is 1. The Morgan fingerprint density at radius 3 is 2.21 bits per heavy atom. The zero-order chi connectivity index (χ0) is 28.3. The van der Waals surface area contributed by atoms with E-state index in [1.54, 1.807) is 0 Å². The van der Waals surface area contributed by atoms with Crippen LogP contribution in [-0.2, 0) is 17.8 Å². The molecule has 4 rings (SSSR count). The molecule has 204 valence electrons. The summed E-state index contributed by atoms with van der Waals surface area (Å²) in [6.07, 6.45) is 2.45. The van der Waals surface area contributed by atoms with Crippen molar-refractivity contribution in [2.75, 3.05) is 0 Å². The zero-order valence-corrected chi connectivity index (χ0v) is 20.5. The molecule has 1 aromatic heterocycles. The highest BCUT2D eigenvalue weighted by atomic mass is 19.1. The first-order chi connectivity index (χ1) is 18.5. The van der Waals surface area contributed by atoms with E-state index < -0.39 is 70.5 Å². The van der Waals surface area contributed by atoms with Crippen LogP contribution in [0.5, 0.6) is 0 Å². The third-order valence-electron chi connectivity index (χ3n) is 6.47. The van der Waals surface area contributed by atoms with Crippen molar-refractivity contribution in [1.29, 1.82) is 0 Å². The standard InChI is InChI=1S/C28H24F4N2O5/c29-18-6-4-16(21(31)10-18)8-15-9-20(25(36)12-26(37)27(38)33-23-2-1-3-24(23)35)28(39)34(13-15)14-17-5-7-19(30)11-22(17)32/h4-7,9-13,23-24,35,37H,1-3,8,14H2,(H,33,38)/t23-,24-/m0/s1. The van der Waals surface area contributed by atoms with Gasteiger partial charge in [0.1, 0.15) is 23.3 Å². The van der Waals surface area contributed by atoms with Gasteiger partial charge in [0.05, 0.1) is 24.3 Å². The molecular formula is C28H24F4N2O5. The Kier molecular flexibility index (Phi) is 8.29. The van der Waals surface area contributed by atoms with Crippen molar-refractivity contribution in [3.8, 4) is 0 Å². The Morgan fingerprint density at radius 1 is 0.974 bits per heavy atom. The van der Waals surface area contributed by atoms with Crippen molar-refractivity contribution < 1.29 is 37.4 Å². The number of aliphatic hydroxyl groups is 2. The molecule has 0 radical (unpaired) electrons. The summed E-state index contributed by atoms with van der Waals surface area (Å²) >= 11 is 0. The molecule has 1 amide bonds. The lowest BCUT2D eigenvalue weighted by Crippen LogP contribution is -2.40. The second-order valence-electron chi connectivity index (χ2n) is 9.32. The highest BCUT2D eigenvalue weighted by molar-refractivity contribution is 6.08. The third kappa shape index (κ3) is 6.61. The van der Waals surface area contributed by atoms with Gasteiger partial charge in [-0.25, -0.2) is 17.6 Å². The van der Waals surface area contributed by atoms with Crippen LogP contribution in [0.3, 0.4) is 0 Å². The quantitative estimate of drug-likeness (QED) is 0.174. The van der Waals surface area contributed by atoms with E-state index in [2.05, 4.69) is 5.32 Å². The van der Waals surface area contributed by atoms with Gasteiger partial charge >= 0.3 is 0 Å². The normalized spacial score (nSPS) is 17.3. The molecule has 0 saturated heterocycles. The van der Waals surface area contributed by atoms with Crippen LogP contribution in [0.2, 0.25) is 0 Å². The number of benzene rings is 2. The predicted molar refractivity (Wildman–Crippen MR) is 132 cm³/mol. The molecule has 7 nitrogen and oxygen atoms in total. The molecule has 2 aromatic carbocycles. The number of nitrogens with zero attached hydrogens (tertiary/aromatic N) is 1. The number of ketones is 1. The SMILES string of the molecule is O=C(N[C@H]1CCC[C@@H]1O)C(O)=CC(=O)c1cc(Cc2ccc(F)cc2F)cn(Cc2ccc(F)cc2F)c1=O. The summed E-state index contributed by atoms with van der Waals surface area (Å²) in [7, 11) is 0. The largest absolute Gasteiger partial charge is 0.503 e. The van der Waals surface area contributed by atoms with Crippen LogP contribution < -0.4 is 10.9 Å². The maximum absolute atomic E-state index is 14.3. The molecule has 3 N–H and O–H groups in total. The lowest BCUT2D eigenvalue weighted by Gasteiger charge is -2.15. The summed E-state index contributed by atoms with van der Waals surface area (Å²) in [6, 6.07) is 6.18. The van der Waals surface area contributed by atoms with E-state index in [-0.39, 0.29) is 23.1 Å². The van der Waals surface area contributed by atoms with Crippen LogP contribution in [0.15, 0.2) is 65.3 Å². The molecule has 2 atom stereocenters. The molecule has 1 fully saturated rings. The first-order valence-electron chi connectivity index (χ1n) is 12.1. The second-order valence-corrected chi connectivity index (χ2v) is 9.32. The van der Waals surface area contributed by atoms with E-state index in [1.807, 2.05) is 0 Å². The third-order valence-corrected chi connectivity index (χ3v) is 6.47. The highest BCUT2D eigenvalue weighted by Gasteiger charge is 2.28. The number of allylic oxidation sites excluding steroid dienone is 1. The fraction of sp³-hybridized carbons (Fsp3) is 0.250. The van der Waals surface area contributed by atoms with Crippen molar-refractivity contribution in [2.45, 2.75) is 44.4 Å². The van der Waals surface area contributed by atoms with Crippen molar-refractivity contribution in [1.82, 2.24) is 9.88 Å². The average Bonchev–Trinajstić information content (AvgIpc) is 3.28. The van der Waals surface area contributed by atoms with E-state index in [4.69, 9.17) is 0 Å². The first kappa shape index (κ1) is 27.8. The first-order valence-corrected chi connectivity index (χ1v) is 12.1. The van der Waals surface area contributed by atoms with E-state index >= 15 is 0 Å². The van der Waals surface area contributed by atoms with Gasteiger partial charge in [-0.15, -0.1) is 0 Å². The summed E-state index contributed by atoms with van der Waals surface area (Å²) in [6.45, 7) is -0.416. The van der Waals surface area contributed by atoms with Crippen molar-refractivity contribution in [2.24, 2.45) is 0 Å². The molecule has 39 heavy (non-hydrogen) atoms. The number of carbonyl (C=O) groups is 2. The van der Waals surface area contributed by atoms with E-state index in [0.29, 0.717) is 37.5 Å². The number of hydrogen-bond donors (Lipinski definition) is 3. The lowest BCUT2D eigenvalue weighted by atomic mass is 10.0. The monoisotopic (exact) mass is 544 g/mol. The Morgan fingerprint density at radius 2 is 1.62 bits per heavy atom. The molecule has 11 heteroatoms. The molecule has 0 aliphatic heterocycles. The van der Waals surface area contributed by atoms with E-state index in [9.17, 15) is 42.2 Å². The summed E-state index contributed by atoms with van der Waals surface area (Å²) in [5.74, 6) is -6.51. The number of halogens is 4. The van der Waals surface area contributed by atoms with Crippen LogP contribution in [0.25, 0.3) is 0 Å². The smallest absolute Gasteiger partial charge is 0.286 e. The zero-order valence-electron chi connectivity index (χ0n) is 20.5. The number of amides is 1. The van der Waals surface area contributed by atoms with Gasteiger partial charge in [-0.2, -0.15) is 0 Å². The van der Waals surface area contributed by atoms with Crippen LogP contribution in [0.1, 0.15) is 46.3 Å². The average molecular weight is 545 g/mol. The minimum absolute atomic E-state index is 0.0425. The van der Waals surface area contributed by atoms with Gasteiger partial charge in [-0.1, -0.05) is 12.1 Å². The Hall–Kier alpha value is -4.25. The maximum atomic E-state index is 14.3. The fourth-order valence-electron chi connectivity index (χ4n) is 4.43. The number of hydrogen-bond acceptors (Lipinski definition) is 5. The van der Waals surface area contributed by atoms with Crippen LogP contribution in [0.4, 0.5) is 17.6 Å². The van der Waals surface area contributed by atoms with Gasteiger partial charge in [0.25, 0.3) is 11.5 Å². The maximum Gasteiger partial charge on any atom is 0.286 e. The number of carbonyl (C=O) groups excluding carboxylic acids is 2. The minimum Gasteiger partial charge on any atom is -0.503 e. The van der Waals surface area contributed by atoms with Gasteiger partial charge in [0, 0.05) is 36.4 Å². The number of rotatable bonds is 8. The summed E-state index contributed by atoms with van der Waals surface area (Å²) < 4.78 is 56.3. The number of aliphatic hydroxyl groups excluding tert-OH is 2. The number of aromatic nitrogens is 1. The van der Waals surface area contributed by atoms with Gasteiger partial charge in [0.15, 0.2) is 11.5 Å². The summed E-state index contributed by atoms with van der Waals surface area (Å²) in [5, 5.41) is 22.5. The van der Waals surface area contributed by atoms with Crippen LogP contribution >= 0.6 is 0 Å². The van der Waals surface area contributed by atoms with Gasteiger partial charge in [-0.05, 0) is 48.6 Å². The predicted octanol–water partition coefficient (Wildman–Crippen LogP) is 3.70. The van der Waals surface area contributed by atoms with E-state index in [1.165, 1.54) is 12.3 Å². The number of pyridine rings is 1. The van der Waals surface area contributed by atoms with Gasteiger partial charge < -0.3 is 20.1 Å².